The van der Waals surface area contributed by atoms with Gasteiger partial charge in [-0.05, 0) is 22.0 Å². The number of halogens is 1. The summed E-state index contributed by atoms with van der Waals surface area (Å²) in [5, 5.41) is 0. The number of carbonyl (C=O) groups is 1. The number of hydrogen-bond donors (Lipinski definition) is 1. The number of hydrogen-bond acceptors (Lipinski definition) is 3. The first-order valence-electron chi connectivity index (χ1n) is 4.65. The topological polar surface area (TPSA) is 62.1 Å². The van der Waals surface area contributed by atoms with Crippen molar-refractivity contribution in [2.45, 2.75) is 6.54 Å². The summed E-state index contributed by atoms with van der Waals surface area (Å²) in [7, 11) is 1.71. The number of furan rings is 1. The van der Waals surface area contributed by atoms with Gasteiger partial charge in [0.05, 0.1) is 18.4 Å². The van der Waals surface area contributed by atoms with E-state index < -0.39 is 0 Å². The maximum absolute atomic E-state index is 11.9. The molecule has 0 saturated carbocycles. The molecule has 5 nitrogen and oxygen atoms in total. The second kappa shape index (κ2) is 4.52. The molecule has 1 amide bonds. The summed E-state index contributed by atoms with van der Waals surface area (Å²) in [6.07, 6.45) is 4.85. The summed E-state index contributed by atoms with van der Waals surface area (Å²) in [4.78, 5) is 20.5. The molecule has 0 saturated heterocycles. The molecule has 0 atom stereocenters. The molecule has 6 heteroatoms. The summed E-state index contributed by atoms with van der Waals surface area (Å²) in [5.41, 5.74) is 0.508. The molecule has 0 aromatic carbocycles. The van der Waals surface area contributed by atoms with E-state index in [1.165, 1.54) is 6.26 Å². The van der Waals surface area contributed by atoms with Crippen molar-refractivity contribution in [1.29, 1.82) is 0 Å². The van der Waals surface area contributed by atoms with Gasteiger partial charge in [0.15, 0.2) is 4.67 Å². The quantitative estimate of drug-likeness (QED) is 0.938. The van der Waals surface area contributed by atoms with Gasteiger partial charge in [0, 0.05) is 19.4 Å². The van der Waals surface area contributed by atoms with Gasteiger partial charge < -0.3 is 14.3 Å². The Morgan fingerprint density at radius 3 is 3.06 bits per heavy atom. The minimum Gasteiger partial charge on any atom is -0.457 e. The highest BCUT2D eigenvalue weighted by Gasteiger charge is 2.17. The maximum Gasteiger partial charge on any atom is 0.258 e. The first-order valence-corrected chi connectivity index (χ1v) is 5.44. The van der Waals surface area contributed by atoms with Crippen LogP contribution in [0.1, 0.15) is 16.2 Å². The largest absolute Gasteiger partial charge is 0.457 e. The fourth-order valence-corrected chi connectivity index (χ4v) is 1.74. The Hall–Kier alpha value is -1.56. The first kappa shape index (κ1) is 10.9. The zero-order chi connectivity index (χ0) is 11.5. The van der Waals surface area contributed by atoms with Crippen molar-refractivity contribution >= 4 is 21.8 Å². The lowest BCUT2D eigenvalue weighted by atomic mass is 10.3. The Bertz CT molecular complexity index is 478. The van der Waals surface area contributed by atoms with Gasteiger partial charge in [-0.25, -0.2) is 4.98 Å². The second-order valence-corrected chi connectivity index (χ2v) is 4.03. The summed E-state index contributed by atoms with van der Waals surface area (Å²) >= 11 is 3.18. The monoisotopic (exact) mass is 283 g/mol. The number of aromatic nitrogens is 2. The average Bonchev–Trinajstić information content (AvgIpc) is 2.88. The van der Waals surface area contributed by atoms with Crippen LogP contribution in [0.25, 0.3) is 0 Å². The van der Waals surface area contributed by atoms with Crippen molar-refractivity contribution in [2.24, 2.45) is 0 Å². The van der Waals surface area contributed by atoms with Crippen molar-refractivity contribution in [2.75, 3.05) is 7.05 Å². The number of imidazole rings is 1. The Morgan fingerprint density at radius 1 is 1.69 bits per heavy atom. The van der Waals surface area contributed by atoms with Gasteiger partial charge in [0.25, 0.3) is 5.91 Å². The molecule has 0 bridgehead atoms. The summed E-state index contributed by atoms with van der Waals surface area (Å²) in [5.74, 6) is 0.632. The smallest absolute Gasteiger partial charge is 0.258 e. The van der Waals surface area contributed by atoms with Crippen LogP contribution >= 0.6 is 15.9 Å². The lowest BCUT2D eigenvalue weighted by Gasteiger charge is -2.14. The number of aromatic amines is 1. The molecule has 0 fully saturated rings. The summed E-state index contributed by atoms with van der Waals surface area (Å²) in [6.45, 7) is 0.434. The van der Waals surface area contributed by atoms with Crippen LogP contribution in [0.3, 0.4) is 0 Å². The van der Waals surface area contributed by atoms with E-state index in [1.807, 2.05) is 0 Å². The Kier molecular flexibility index (Phi) is 3.09. The standard InChI is InChI=1S/C10H10BrN3O2/c1-14(6-8-12-3-4-13-8)10(15)7-2-5-16-9(7)11/h2-5H,6H2,1H3,(H,12,13). The second-order valence-electron chi connectivity index (χ2n) is 3.31. The highest BCUT2D eigenvalue weighted by atomic mass is 79.9. The fourth-order valence-electron chi connectivity index (χ4n) is 1.33. The number of nitrogens with one attached hydrogen (secondary N) is 1. The number of amides is 1. The molecule has 2 aromatic heterocycles. The molecule has 2 heterocycles. The minimum absolute atomic E-state index is 0.114. The zero-order valence-electron chi connectivity index (χ0n) is 8.61. The van der Waals surface area contributed by atoms with Gasteiger partial charge in [0.2, 0.25) is 0 Å². The zero-order valence-corrected chi connectivity index (χ0v) is 10.2. The van der Waals surface area contributed by atoms with E-state index in [1.54, 1.807) is 30.4 Å². The first-order chi connectivity index (χ1) is 7.68. The van der Waals surface area contributed by atoms with Crippen LogP contribution in [-0.4, -0.2) is 27.8 Å². The molecular formula is C10H10BrN3O2. The average molecular weight is 284 g/mol. The SMILES string of the molecule is CN(Cc1ncc[nH]1)C(=O)c1ccoc1Br. The minimum atomic E-state index is -0.114. The highest BCUT2D eigenvalue weighted by Crippen LogP contribution is 2.19. The molecule has 84 valence electrons. The van der Waals surface area contributed by atoms with Crippen LogP contribution in [0.4, 0.5) is 0 Å². The van der Waals surface area contributed by atoms with Crippen LogP contribution in [0.2, 0.25) is 0 Å². The molecule has 2 rings (SSSR count). The maximum atomic E-state index is 11.9. The Balaban J connectivity index is 2.08. The van der Waals surface area contributed by atoms with E-state index in [4.69, 9.17) is 4.42 Å². The van der Waals surface area contributed by atoms with Gasteiger partial charge in [-0.15, -0.1) is 0 Å². The van der Waals surface area contributed by atoms with Gasteiger partial charge in [-0.1, -0.05) is 0 Å². The number of rotatable bonds is 3. The van der Waals surface area contributed by atoms with E-state index in [-0.39, 0.29) is 5.91 Å². The molecule has 0 aliphatic carbocycles. The van der Waals surface area contributed by atoms with Crippen LogP contribution in [-0.2, 0) is 6.54 Å². The normalized spacial score (nSPS) is 10.4. The van der Waals surface area contributed by atoms with Crippen molar-refractivity contribution in [3.8, 4) is 0 Å². The molecule has 0 radical (unpaired) electrons. The Morgan fingerprint density at radius 2 is 2.50 bits per heavy atom. The molecule has 1 N–H and O–H groups in total. The van der Waals surface area contributed by atoms with E-state index in [9.17, 15) is 4.79 Å². The highest BCUT2D eigenvalue weighted by molar-refractivity contribution is 9.10. The van der Waals surface area contributed by atoms with Crippen LogP contribution in [0.15, 0.2) is 33.8 Å². The van der Waals surface area contributed by atoms with Gasteiger partial charge in [-0.2, -0.15) is 0 Å². The van der Waals surface area contributed by atoms with E-state index in [0.717, 1.165) is 5.82 Å². The van der Waals surface area contributed by atoms with Gasteiger partial charge in [0.1, 0.15) is 5.82 Å². The fraction of sp³-hybridized carbons (Fsp3) is 0.200. The van der Waals surface area contributed by atoms with Gasteiger partial charge in [-0.3, -0.25) is 4.79 Å². The van der Waals surface area contributed by atoms with Crippen molar-refractivity contribution < 1.29 is 9.21 Å². The third-order valence-corrected chi connectivity index (χ3v) is 2.75. The number of H-pyrrole nitrogens is 1. The molecule has 0 aliphatic heterocycles. The predicted molar refractivity (Wildman–Crippen MR) is 60.8 cm³/mol. The Labute approximate surface area is 101 Å². The molecule has 0 aliphatic rings. The molecule has 2 aromatic rings. The van der Waals surface area contributed by atoms with Gasteiger partial charge >= 0.3 is 0 Å². The predicted octanol–water partition coefficient (Wildman–Crippen LogP) is 2.04. The molecular weight excluding hydrogens is 274 g/mol. The molecule has 16 heavy (non-hydrogen) atoms. The number of carbonyl (C=O) groups excluding carboxylic acids is 1. The van der Waals surface area contributed by atoms with Crippen molar-refractivity contribution in [3.05, 3.63) is 40.8 Å². The lowest BCUT2D eigenvalue weighted by Crippen LogP contribution is -2.26. The van der Waals surface area contributed by atoms with Crippen molar-refractivity contribution in [3.63, 3.8) is 0 Å². The molecule has 0 spiro atoms. The molecule has 0 unspecified atom stereocenters. The third kappa shape index (κ3) is 2.16. The van der Waals surface area contributed by atoms with Crippen LogP contribution in [0, 0.1) is 0 Å². The van der Waals surface area contributed by atoms with Crippen LogP contribution in [0.5, 0.6) is 0 Å². The van der Waals surface area contributed by atoms with Crippen molar-refractivity contribution in [1.82, 2.24) is 14.9 Å². The lowest BCUT2D eigenvalue weighted by molar-refractivity contribution is 0.0780. The number of nitrogens with zero attached hydrogens (tertiary/aromatic N) is 2. The summed E-state index contributed by atoms with van der Waals surface area (Å²) < 4.78 is 5.46. The van der Waals surface area contributed by atoms with E-state index in [0.29, 0.717) is 16.8 Å². The van der Waals surface area contributed by atoms with Crippen LogP contribution < -0.4 is 0 Å². The third-order valence-electron chi connectivity index (χ3n) is 2.14. The van der Waals surface area contributed by atoms with E-state index in [2.05, 4.69) is 25.9 Å². The van der Waals surface area contributed by atoms with E-state index >= 15 is 0 Å². The summed E-state index contributed by atoms with van der Waals surface area (Å²) in [6, 6.07) is 1.63.